The van der Waals surface area contributed by atoms with Gasteiger partial charge in [-0.25, -0.2) is 4.98 Å². The zero-order valence-electron chi connectivity index (χ0n) is 12.9. The van der Waals surface area contributed by atoms with Gasteiger partial charge in [0.1, 0.15) is 5.52 Å². The lowest BCUT2D eigenvalue weighted by Crippen LogP contribution is -2.14. The number of rotatable bonds is 3. The summed E-state index contributed by atoms with van der Waals surface area (Å²) in [6.45, 7) is 0. The summed E-state index contributed by atoms with van der Waals surface area (Å²) in [4.78, 5) is 16.7. The summed E-state index contributed by atoms with van der Waals surface area (Å²) >= 11 is 13.6. The van der Waals surface area contributed by atoms with Crippen molar-refractivity contribution in [2.75, 3.05) is 5.32 Å². The van der Waals surface area contributed by atoms with Crippen LogP contribution in [0.3, 0.4) is 0 Å². The van der Waals surface area contributed by atoms with Crippen LogP contribution in [0.15, 0.2) is 54.6 Å². The first-order valence-corrected chi connectivity index (χ1v) is 9.19. The normalized spacial score (nSPS) is 11.1. The molecule has 0 saturated heterocycles. The van der Waals surface area contributed by atoms with Gasteiger partial charge in [0.05, 0.1) is 21.2 Å². The lowest BCUT2D eigenvalue weighted by Gasteiger charge is -2.04. The third-order valence-corrected chi connectivity index (χ3v) is 5.61. The molecular formula is C19H12Cl2N2OS. The molecule has 3 aromatic carbocycles. The van der Waals surface area contributed by atoms with Crippen molar-refractivity contribution in [3.05, 3.63) is 70.2 Å². The Morgan fingerprint density at radius 3 is 2.56 bits per heavy atom. The van der Waals surface area contributed by atoms with Crippen LogP contribution in [0.4, 0.5) is 5.13 Å². The molecule has 0 aliphatic carbocycles. The Bertz CT molecular complexity index is 1070. The number of thiazole rings is 1. The van der Waals surface area contributed by atoms with Crippen LogP contribution in [0.1, 0.15) is 5.56 Å². The number of hydrogen-bond acceptors (Lipinski definition) is 3. The summed E-state index contributed by atoms with van der Waals surface area (Å²) in [6, 6.07) is 17.5. The van der Waals surface area contributed by atoms with Crippen molar-refractivity contribution in [3.63, 3.8) is 0 Å². The fraction of sp³-hybridized carbons (Fsp3) is 0.0526. The van der Waals surface area contributed by atoms with Crippen molar-refractivity contribution >= 4 is 66.6 Å². The summed E-state index contributed by atoms with van der Waals surface area (Å²) in [6.07, 6.45) is 0.280. The Kier molecular flexibility index (Phi) is 4.34. The van der Waals surface area contributed by atoms with Crippen LogP contribution in [0.2, 0.25) is 10.0 Å². The second-order valence-corrected chi connectivity index (χ2v) is 7.45. The molecule has 0 aliphatic rings. The molecule has 1 heterocycles. The molecule has 124 valence electrons. The van der Waals surface area contributed by atoms with E-state index in [9.17, 15) is 4.79 Å². The summed E-state index contributed by atoms with van der Waals surface area (Å²) < 4.78 is 0.773. The first-order valence-electron chi connectivity index (χ1n) is 7.62. The van der Waals surface area contributed by atoms with Crippen LogP contribution in [-0.2, 0) is 11.2 Å². The molecule has 1 aromatic heterocycles. The number of nitrogens with zero attached hydrogens (tertiary/aromatic N) is 1. The molecule has 1 N–H and O–H groups in total. The average molecular weight is 387 g/mol. The highest BCUT2D eigenvalue weighted by molar-refractivity contribution is 7.23. The van der Waals surface area contributed by atoms with E-state index >= 15 is 0 Å². The summed E-state index contributed by atoms with van der Waals surface area (Å²) in [5.74, 6) is -0.124. The van der Waals surface area contributed by atoms with Gasteiger partial charge in [-0.1, -0.05) is 77.0 Å². The fourth-order valence-corrected chi connectivity index (χ4v) is 4.13. The van der Waals surface area contributed by atoms with E-state index in [1.54, 1.807) is 12.1 Å². The highest BCUT2D eigenvalue weighted by atomic mass is 35.5. The van der Waals surface area contributed by atoms with Gasteiger partial charge in [-0.05, 0) is 28.5 Å². The van der Waals surface area contributed by atoms with Crippen LogP contribution in [0, 0.1) is 0 Å². The van der Waals surface area contributed by atoms with Gasteiger partial charge in [0.2, 0.25) is 5.91 Å². The number of amides is 1. The van der Waals surface area contributed by atoms with E-state index in [0.29, 0.717) is 20.7 Å². The second kappa shape index (κ2) is 6.64. The first-order chi connectivity index (χ1) is 12.1. The Labute approximate surface area is 158 Å². The van der Waals surface area contributed by atoms with Crippen LogP contribution in [0.25, 0.3) is 21.0 Å². The van der Waals surface area contributed by atoms with Gasteiger partial charge in [-0.2, -0.15) is 0 Å². The van der Waals surface area contributed by atoms with Crippen LogP contribution < -0.4 is 5.32 Å². The molecule has 0 saturated carbocycles. The number of fused-ring (bicyclic) bond motifs is 2. The number of aromatic nitrogens is 1. The standard InChI is InChI=1S/C19H12Cl2N2OS/c20-14-7-8-15(21)18-17(14)23-19(25-18)22-16(24)10-11-5-6-12-3-1-2-4-13(12)9-11/h1-9H,10H2,(H,22,23,24). The fourth-order valence-electron chi connectivity index (χ4n) is 2.70. The third kappa shape index (κ3) is 3.33. The van der Waals surface area contributed by atoms with Crippen molar-refractivity contribution < 1.29 is 4.79 Å². The summed E-state index contributed by atoms with van der Waals surface area (Å²) in [5, 5.41) is 6.70. The minimum atomic E-state index is -0.124. The first kappa shape index (κ1) is 16.3. The number of nitrogens with one attached hydrogen (secondary N) is 1. The van der Waals surface area contributed by atoms with Gasteiger partial charge in [0.25, 0.3) is 0 Å². The molecule has 6 heteroatoms. The van der Waals surface area contributed by atoms with E-state index in [0.717, 1.165) is 21.0 Å². The van der Waals surface area contributed by atoms with E-state index in [-0.39, 0.29) is 12.3 Å². The van der Waals surface area contributed by atoms with E-state index < -0.39 is 0 Å². The zero-order valence-corrected chi connectivity index (χ0v) is 15.3. The van der Waals surface area contributed by atoms with Gasteiger partial charge in [-0.3, -0.25) is 4.79 Å². The Balaban J connectivity index is 1.55. The van der Waals surface area contributed by atoms with E-state index in [1.807, 2.05) is 42.5 Å². The number of halogens is 2. The van der Waals surface area contributed by atoms with Crippen LogP contribution in [-0.4, -0.2) is 10.9 Å². The smallest absolute Gasteiger partial charge is 0.230 e. The third-order valence-electron chi connectivity index (χ3n) is 3.87. The predicted molar refractivity (Wildman–Crippen MR) is 106 cm³/mol. The van der Waals surface area contributed by atoms with Gasteiger partial charge in [-0.15, -0.1) is 0 Å². The van der Waals surface area contributed by atoms with Crippen molar-refractivity contribution in [2.24, 2.45) is 0 Å². The molecule has 4 aromatic rings. The van der Waals surface area contributed by atoms with Gasteiger partial charge in [0, 0.05) is 0 Å². The molecule has 0 atom stereocenters. The number of hydrogen-bond donors (Lipinski definition) is 1. The van der Waals surface area contributed by atoms with Crippen LogP contribution >= 0.6 is 34.5 Å². The van der Waals surface area contributed by atoms with E-state index in [1.165, 1.54) is 11.3 Å². The monoisotopic (exact) mass is 386 g/mol. The lowest BCUT2D eigenvalue weighted by atomic mass is 10.1. The molecule has 4 rings (SSSR count). The highest BCUT2D eigenvalue weighted by Crippen LogP contribution is 2.36. The van der Waals surface area contributed by atoms with E-state index in [4.69, 9.17) is 23.2 Å². The van der Waals surface area contributed by atoms with Crippen molar-refractivity contribution in [1.29, 1.82) is 0 Å². The number of benzene rings is 3. The highest BCUT2D eigenvalue weighted by Gasteiger charge is 2.13. The Hall–Kier alpha value is -2.14. The second-order valence-electron chi connectivity index (χ2n) is 5.63. The quantitative estimate of drug-likeness (QED) is 0.473. The maximum Gasteiger partial charge on any atom is 0.230 e. The molecule has 0 aliphatic heterocycles. The molecule has 0 radical (unpaired) electrons. The van der Waals surface area contributed by atoms with Crippen LogP contribution in [0.5, 0.6) is 0 Å². The lowest BCUT2D eigenvalue weighted by molar-refractivity contribution is -0.115. The minimum Gasteiger partial charge on any atom is -0.302 e. The molecule has 25 heavy (non-hydrogen) atoms. The zero-order chi connectivity index (χ0) is 17.4. The summed E-state index contributed by atoms with van der Waals surface area (Å²) in [7, 11) is 0. The minimum absolute atomic E-state index is 0.124. The van der Waals surface area contributed by atoms with E-state index in [2.05, 4.69) is 10.3 Å². The molecule has 0 spiro atoms. The molecular weight excluding hydrogens is 375 g/mol. The molecule has 3 nitrogen and oxygen atoms in total. The maximum atomic E-state index is 12.4. The molecule has 0 bridgehead atoms. The molecule has 1 amide bonds. The predicted octanol–water partition coefficient (Wildman–Crippen LogP) is 5.94. The topological polar surface area (TPSA) is 42.0 Å². The number of carbonyl (C=O) groups is 1. The Morgan fingerprint density at radius 1 is 1.00 bits per heavy atom. The summed E-state index contributed by atoms with van der Waals surface area (Å²) in [5.41, 5.74) is 1.56. The number of anilines is 1. The average Bonchev–Trinajstić information content (AvgIpc) is 3.03. The molecule has 0 fully saturated rings. The van der Waals surface area contributed by atoms with Crippen molar-refractivity contribution in [1.82, 2.24) is 4.98 Å². The molecule has 0 unspecified atom stereocenters. The van der Waals surface area contributed by atoms with Gasteiger partial charge >= 0.3 is 0 Å². The Morgan fingerprint density at radius 2 is 1.76 bits per heavy atom. The number of carbonyl (C=O) groups excluding carboxylic acids is 1. The maximum absolute atomic E-state index is 12.4. The van der Waals surface area contributed by atoms with Gasteiger partial charge < -0.3 is 5.32 Å². The van der Waals surface area contributed by atoms with Gasteiger partial charge in [0.15, 0.2) is 5.13 Å². The van der Waals surface area contributed by atoms with Crippen molar-refractivity contribution in [3.8, 4) is 0 Å². The largest absolute Gasteiger partial charge is 0.302 e. The van der Waals surface area contributed by atoms with Crippen molar-refractivity contribution in [2.45, 2.75) is 6.42 Å². The SMILES string of the molecule is O=C(Cc1ccc2ccccc2c1)Nc1nc2c(Cl)ccc(Cl)c2s1.